The van der Waals surface area contributed by atoms with Crippen LogP contribution < -0.4 is 11.1 Å². The van der Waals surface area contributed by atoms with Crippen LogP contribution >= 0.6 is 0 Å². The van der Waals surface area contributed by atoms with Gasteiger partial charge in [0.15, 0.2) is 5.96 Å². The number of hydrogen-bond donors (Lipinski definition) is 2. The Kier molecular flexibility index (Phi) is 3.50. The number of nitrogens with two attached hydrogens (primary N) is 1. The van der Waals surface area contributed by atoms with Gasteiger partial charge in [0.05, 0.1) is 0 Å². The largest absolute Gasteiger partial charge is 0.370 e. The smallest absolute Gasteiger partial charge is 0.189 e. The lowest BCUT2D eigenvalue weighted by atomic mass is 10.4. The monoisotopic (exact) mass is 195 g/mol. The van der Waals surface area contributed by atoms with E-state index in [1.165, 1.54) is 0 Å². The number of aliphatic imine (C=N–C) groups is 1. The molecule has 5 nitrogen and oxygen atoms in total. The van der Waals surface area contributed by atoms with Gasteiger partial charge in [0, 0.05) is 25.5 Å². The van der Waals surface area contributed by atoms with Crippen LogP contribution in [0.4, 0.5) is 0 Å². The van der Waals surface area contributed by atoms with Gasteiger partial charge in [0.25, 0.3) is 0 Å². The van der Waals surface area contributed by atoms with Gasteiger partial charge in [0.2, 0.25) is 0 Å². The second-order valence-electron chi connectivity index (χ2n) is 3.45. The third-order valence-corrected chi connectivity index (χ3v) is 1.75. The van der Waals surface area contributed by atoms with Crippen molar-refractivity contribution < 1.29 is 0 Å². The summed E-state index contributed by atoms with van der Waals surface area (Å²) in [6.07, 6.45) is 3.63. The highest BCUT2D eigenvalue weighted by atomic mass is 15.1. The summed E-state index contributed by atoms with van der Waals surface area (Å²) < 4.78 is 1.92. The maximum Gasteiger partial charge on any atom is 0.189 e. The van der Waals surface area contributed by atoms with Crippen LogP contribution in [0.15, 0.2) is 17.4 Å². The molecule has 0 amide bonds. The molecule has 0 spiro atoms. The molecule has 0 saturated heterocycles. The minimum atomic E-state index is 0.306. The van der Waals surface area contributed by atoms with Crippen molar-refractivity contribution in [3.8, 4) is 0 Å². The number of aryl methyl sites for hydroxylation is 1. The first-order valence-electron chi connectivity index (χ1n) is 4.62. The predicted molar refractivity (Wildman–Crippen MR) is 56.8 cm³/mol. The van der Waals surface area contributed by atoms with E-state index >= 15 is 0 Å². The molecule has 0 aliphatic carbocycles. The fraction of sp³-hybridized carbons (Fsp3) is 0.556. The van der Waals surface area contributed by atoms with Crippen molar-refractivity contribution in [2.45, 2.75) is 26.4 Å². The summed E-state index contributed by atoms with van der Waals surface area (Å²) in [5, 5.41) is 3.02. The first-order chi connectivity index (χ1) is 6.59. The van der Waals surface area contributed by atoms with Crippen molar-refractivity contribution in [3.63, 3.8) is 0 Å². The zero-order valence-electron chi connectivity index (χ0n) is 8.86. The summed E-state index contributed by atoms with van der Waals surface area (Å²) in [6.45, 7) is 4.54. The third-order valence-electron chi connectivity index (χ3n) is 1.75. The summed E-state index contributed by atoms with van der Waals surface area (Å²) in [5.74, 6) is 1.36. The number of guanidine groups is 1. The molecule has 0 aliphatic heterocycles. The summed E-state index contributed by atoms with van der Waals surface area (Å²) in [5.41, 5.74) is 5.64. The van der Waals surface area contributed by atoms with Crippen LogP contribution in [0.25, 0.3) is 0 Å². The molecule has 1 rings (SSSR count). The molecule has 0 aromatic carbocycles. The van der Waals surface area contributed by atoms with Crippen LogP contribution in [0.2, 0.25) is 0 Å². The number of hydrogen-bond acceptors (Lipinski definition) is 2. The van der Waals surface area contributed by atoms with Crippen LogP contribution in [0.1, 0.15) is 19.7 Å². The average molecular weight is 195 g/mol. The zero-order valence-corrected chi connectivity index (χ0v) is 8.86. The maximum atomic E-state index is 5.64. The van der Waals surface area contributed by atoms with Crippen LogP contribution in [0.3, 0.4) is 0 Å². The molecule has 0 atom stereocenters. The van der Waals surface area contributed by atoms with Gasteiger partial charge in [0.1, 0.15) is 12.4 Å². The van der Waals surface area contributed by atoms with Crippen LogP contribution in [-0.4, -0.2) is 21.6 Å². The van der Waals surface area contributed by atoms with E-state index in [0.29, 0.717) is 18.5 Å². The topological polar surface area (TPSA) is 68.2 Å². The second kappa shape index (κ2) is 4.64. The normalized spacial score (nSPS) is 12.1. The number of aromatic nitrogens is 2. The van der Waals surface area contributed by atoms with Gasteiger partial charge in [-0.2, -0.15) is 0 Å². The summed E-state index contributed by atoms with van der Waals surface area (Å²) in [6, 6.07) is 0.306. The van der Waals surface area contributed by atoms with E-state index in [0.717, 1.165) is 5.82 Å². The molecule has 1 aromatic rings. The highest BCUT2D eigenvalue weighted by Crippen LogP contribution is 1.95. The maximum absolute atomic E-state index is 5.64. The van der Waals surface area contributed by atoms with Crippen molar-refractivity contribution in [2.75, 3.05) is 0 Å². The Labute approximate surface area is 84.0 Å². The SMILES string of the molecule is CC(C)NC(N)=NCc1nccn1C. The van der Waals surface area contributed by atoms with E-state index in [2.05, 4.69) is 15.3 Å². The van der Waals surface area contributed by atoms with Crippen LogP contribution in [0.5, 0.6) is 0 Å². The second-order valence-corrected chi connectivity index (χ2v) is 3.45. The third kappa shape index (κ3) is 3.08. The molecular formula is C9H17N5. The molecule has 1 heterocycles. The van der Waals surface area contributed by atoms with Crippen molar-refractivity contribution in [3.05, 3.63) is 18.2 Å². The molecule has 5 heteroatoms. The number of imidazole rings is 1. The molecule has 0 aliphatic rings. The molecule has 0 saturated carbocycles. The van der Waals surface area contributed by atoms with E-state index in [-0.39, 0.29) is 0 Å². The van der Waals surface area contributed by atoms with Crippen molar-refractivity contribution in [1.29, 1.82) is 0 Å². The molecule has 3 N–H and O–H groups in total. The Morgan fingerprint density at radius 2 is 2.43 bits per heavy atom. The lowest BCUT2D eigenvalue weighted by molar-refractivity contribution is 0.718. The lowest BCUT2D eigenvalue weighted by Crippen LogP contribution is -2.36. The molecule has 0 fully saturated rings. The first kappa shape index (κ1) is 10.6. The van der Waals surface area contributed by atoms with Gasteiger partial charge in [-0.1, -0.05) is 0 Å². The van der Waals surface area contributed by atoms with E-state index < -0.39 is 0 Å². The van der Waals surface area contributed by atoms with Crippen molar-refractivity contribution in [2.24, 2.45) is 17.8 Å². The quantitative estimate of drug-likeness (QED) is 0.536. The Bertz CT molecular complexity index is 313. The fourth-order valence-corrected chi connectivity index (χ4v) is 1.05. The minimum absolute atomic E-state index is 0.306. The molecule has 0 bridgehead atoms. The van der Waals surface area contributed by atoms with Gasteiger partial charge in [-0.05, 0) is 13.8 Å². The lowest BCUT2D eigenvalue weighted by Gasteiger charge is -2.08. The van der Waals surface area contributed by atoms with Crippen molar-refractivity contribution >= 4 is 5.96 Å². The molecule has 78 valence electrons. The van der Waals surface area contributed by atoms with E-state index in [1.807, 2.05) is 31.7 Å². The van der Waals surface area contributed by atoms with Gasteiger partial charge >= 0.3 is 0 Å². The fourth-order valence-electron chi connectivity index (χ4n) is 1.05. The Balaban J connectivity index is 2.50. The average Bonchev–Trinajstić information content (AvgIpc) is 2.46. The molecule has 1 aromatic heterocycles. The molecule has 0 radical (unpaired) electrons. The highest BCUT2D eigenvalue weighted by molar-refractivity contribution is 5.77. The summed E-state index contributed by atoms with van der Waals surface area (Å²) in [4.78, 5) is 8.31. The van der Waals surface area contributed by atoms with Gasteiger partial charge < -0.3 is 15.6 Å². The van der Waals surface area contributed by atoms with E-state index in [4.69, 9.17) is 5.73 Å². The minimum Gasteiger partial charge on any atom is -0.370 e. The van der Waals surface area contributed by atoms with Crippen LogP contribution in [-0.2, 0) is 13.6 Å². The van der Waals surface area contributed by atoms with E-state index in [9.17, 15) is 0 Å². The molecule has 14 heavy (non-hydrogen) atoms. The van der Waals surface area contributed by atoms with Crippen LogP contribution in [0, 0.1) is 0 Å². The molecule has 0 unspecified atom stereocenters. The Hall–Kier alpha value is -1.52. The van der Waals surface area contributed by atoms with Crippen molar-refractivity contribution in [1.82, 2.24) is 14.9 Å². The number of nitrogens with zero attached hydrogens (tertiary/aromatic N) is 3. The Morgan fingerprint density at radius 3 is 2.93 bits per heavy atom. The van der Waals surface area contributed by atoms with Gasteiger partial charge in [-0.3, -0.25) is 0 Å². The standard InChI is InChI=1S/C9H17N5/c1-7(2)13-9(10)12-6-8-11-4-5-14(8)3/h4-5,7H,6H2,1-3H3,(H3,10,12,13). The molecular weight excluding hydrogens is 178 g/mol. The number of rotatable bonds is 3. The predicted octanol–water partition coefficient (Wildman–Crippen LogP) is 0.233. The Morgan fingerprint density at radius 1 is 1.71 bits per heavy atom. The summed E-state index contributed by atoms with van der Waals surface area (Å²) in [7, 11) is 1.93. The van der Waals surface area contributed by atoms with Gasteiger partial charge in [-0.15, -0.1) is 0 Å². The zero-order chi connectivity index (χ0) is 10.6. The van der Waals surface area contributed by atoms with E-state index in [1.54, 1.807) is 6.20 Å². The number of nitrogens with one attached hydrogen (secondary N) is 1. The highest BCUT2D eigenvalue weighted by Gasteiger charge is 1.98. The summed E-state index contributed by atoms with van der Waals surface area (Å²) >= 11 is 0. The first-order valence-corrected chi connectivity index (χ1v) is 4.62. The van der Waals surface area contributed by atoms with Gasteiger partial charge in [-0.25, -0.2) is 9.98 Å².